The van der Waals surface area contributed by atoms with Gasteiger partial charge in [0.15, 0.2) is 0 Å². The minimum Gasteiger partial charge on any atom is -1.00 e. The van der Waals surface area contributed by atoms with Crippen molar-refractivity contribution in [2.75, 3.05) is 21.1 Å². The van der Waals surface area contributed by atoms with Crippen molar-refractivity contribution in [2.45, 2.75) is 27.3 Å². The first kappa shape index (κ1) is 14.9. The third kappa shape index (κ3) is 4.51. The number of quaternary nitrogens is 1. The molecule has 0 heterocycles. The minimum absolute atomic E-state index is 0. The Morgan fingerprint density at radius 3 is 1.67 bits per heavy atom. The molecule has 0 bridgehead atoms. The second-order valence-electron chi connectivity index (χ2n) is 5.33. The van der Waals surface area contributed by atoms with E-state index in [4.69, 9.17) is 0 Å². The van der Waals surface area contributed by atoms with Crippen LogP contribution in [-0.4, -0.2) is 25.6 Å². The van der Waals surface area contributed by atoms with Gasteiger partial charge in [-0.2, -0.15) is 0 Å². The monoisotopic (exact) mass is 319 g/mol. The van der Waals surface area contributed by atoms with Crippen molar-refractivity contribution >= 4 is 0 Å². The van der Waals surface area contributed by atoms with Gasteiger partial charge >= 0.3 is 0 Å². The van der Waals surface area contributed by atoms with E-state index in [1.165, 1.54) is 22.3 Å². The first-order valence-corrected chi connectivity index (χ1v) is 5.17. The zero-order valence-corrected chi connectivity index (χ0v) is 12.8. The van der Waals surface area contributed by atoms with Gasteiger partial charge in [0.25, 0.3) is 0 Å². The van der Waals surface area contributed by atoms with Crippen LogP contribution >= 0.6 is 0 Å². The lowest BCUT2D eigenvalue weighted by atomic mass is 9.99. The van der Waals surface area contributed by atoms with Crippen LogP contribution < -0.4 is 24.0 Å². The van der Waals surface area contributed by atoms with Gasteiger partial charge < -0.3 is 28.5 Å². The fourth-order valence-corrected chi connectivity index (χ4v) is 1.93. The molecular weight excluding hydrogens is 297 g/mol. The maximum absolute atomic E-state index is 2.28. The molecule has 0 aliphatic carbocycles. The van der Waals surface area contributed by atoms with Crippen molar-refractivity contribution < 1.29 is 28.5 Å². The molecule has 0 spiro atoms. The molecule has 0 saturated heterocycles. The lowest BCUT2D eigenvalue weighted by Crippen LogP contribution is -3.00. The zero-order chi connectivity index (χ0) is 10.9. The minimum atomic E-state index is 0. The van der Waals surface area contributed by atoms with Gasteiger partial charge in [0.1, 0.15) is 6.54 Å². The summed E-state index contributed by atoms with van der Waals surface area (Å²) in [4.78, 5) is 0. The van der Waals surface area contributed by atoms with Crippen molar-refractivity contribution in [3.63, 3.8) is 0 Å². The van der Waals surface area contributed by atoms with E-state index >= 15 is 0 Å². The van der Waals surface area contributed by atoms with E-state index < -0.39 is 0 Å². The quantitative estimate of drug-likeness (QED) is 0.524. The van der Waals surface area contributed by atoms with Crippen LogP contribution in [0.1, 0.15) is 22.3 Å². The molecule has 0 aromatic heterocycles. The Morgan fingerprint density at radius 1 is 0.933 bits per heavy atom. The van der Waals surface area contributed by atoms with Crippen molar-refractivity contribution in [1.29, 1.82) is 0 Å². The lowest BCUT2D eigenvalue weighted by Gasteiger charge is -2.26. The summed E-state index contributed by atoms with van der Waals surface area (Å²) in [6.45, 7) is 7.70. The molecule has 0 fully saturated rings. The first-order valence-electron chi connectivity index (χ1n) is 5.17. The first-order chi connectivity index (χ1) is 6.29. The Balaban J connectivity index is 0.00000196. The maximum Gasteiger partial charge on any atom is 0.104 e. The molecule has 0 unspecified atom stereocenters. The highest BCUT2D eigenvalue weighted by Gasteiger charge is 2.13. The molecule has 86 valence electrons. The van der Waals surface area contributed by atoms with E-state index in [0.29, 0.717) is 0 Å². The highest BCUT2D eigenvalue weighted by molar-refractivity contribution is 5.36. The molecule has 0 radical (unpaired) electrons. The van der Waals surface area contributed by atoms with E-state index in [1.54, 1.807) is 0 Å². The predicted octanol–water partition coefficient (Wildman–Crippen LogP) is -0.178. The number of nitrogens with zero attached hydrogens (tertiary/aromatic N) is 1. The highest BCUT2D eigenvalue weighted by atomic mass is 127. The summed E-state index contributed by atoms with van der Waals surface area (Å²) in [5.41, 5.74) is 5.72. The van der Waals surface area contributed by atoms with Crippen LogP contribution in [0, 0.1) is 20.8 Å². The Kier molecular flexibility index (Phi) is 5.27. The smallest absolute Gasteiger partial charge is 0.104 e. The third-order valence-electron chi connectivity index (χ3n) is 2.47. The van der Waals surface area contributed by atoms with Gasteiger partial charge in [0.2, 0.25) is 0 Å². The number of hydrogen-bond acceptors (Lipinski definition) is 0. The fraction of sp³-hybridized carbons (Fsp3) is 0.538. The normalized spacial score (nSPS) is 11.1. The van der Waals surface area contributed by atoms with Crippen LogP contribution in [0.25, 0.3) is 0 Å². The van der Waals surface area contributed by atoms with Crippen molar-refractivity contribution in [2.24, 2.45) is 0 Å². The summed E-state index contributed by atoms with van der Waals surface area (Å²) < 4.78 is 0.991. The van der Waals surface area contributed by atoms with Crippen LogP contribution in [0.15, 0.2) is 12.1 Å². The van der Waals surface area contributed by atoms with Crippen molar-refractivity contribution in [3.8, 4) is 0 Å². The third-order valence-corrected chi connectivity index (χ3v) is 2.47. The molecule has 0 amide bonds. The van der Waals surface area contributed by atoms with Crippen LogP contribution in [0.3, 0.4) is 0 Å². The fourth-order valence-electron chi connectivity index (χ4n) is 1.93. The van der Waals surface area contributed by atoms with E-state index in [-0.39, 0.29) is 24.0 Å². The highest BCUT2D eigenvalue weighted by Crippen LogP contribution is 2.19. The summed E-state index contributed by atoms with van der Waals surface area (Å²) in [6.07, 6.45) is 0. The number of hydrogen-bond donors (Lipinski definition) is 0. The number of rotatable bonds is 2. The van der Waals surface area contributed by atoms with Gasteiger partial charge in [0, 0.05) is 5.56 Å². The van der Waals surface area contributed by atoms with Crippen LogP contribution in [0.2, 0.25) is 0 Å². The van der Waals surface area contributed by atoms with Crippen molar-refractivity contribution in [1.82, 2.24) is 0 Å². The zero-order valence-electron chi connectivity index (χ0n) is 10.7. The van der Waals surface area contributed by atoms with E-state index in [1.807, 2.05) is 0 Å². The van der Waals surface area contributed by atoms with Gasteiger partial charge in [-0.15, -0.1) is 0 Å². The van der Waals surface area contributed by atoms with Gasteiger partial charge in [-0.05, 0) is 31.9 Å². The van der Waals surface area contributed by atoms with E-state index in [9.17, 15) is 0 Å². The Labute approximate surface area is 111 Å². The molecule has 0 aliphatic rings. The molecule has 0 atom stereocenters. The molecule has 2 heteroatoms. The summed E-state index contributed by atoms with van der Waals surface area (Å²) in [5.74, 6) is 0. The second-order valence-corrected chi connectivity index (χ2v) is 5.33. The molecule has 1 nitrogen and oxygen atoms in total. The second kappa shape index (κ2) is 5.30. The average Bonchev–Trinajstić information content (AvgIpc) is 1.95. The van der Waals surface area contributed by atoms with E-state index in [0.717, 1.165) is 11.0 Å². The van der Waals surface area contributed by atoms with Gasteiger partial charge in [-0.1, -0.05) is 17.7 Å². The Bertz CT molecular complexity index is 314. The molecule has 1 aromatic rings. The molecule has 1 rings (SSSR count). The molecular formula is C13H22IN. The number of halogens is 1. The standard InChI is InChI=1S/C13H22N.HI/c1-10-7-11(2)13(12(3)8-10)9-14(4,5)6;/h7-8H,9H2,1-6H3;1H/q+1;/p-1. The summed E-state index contributed by atoms with van der Waals surface area (Å²) in [6, 6.07) is 4.55. The average molecular weight is 319 g/mol. The summed E-state index contributed by atoms with van der Waals surface area (Å²) in [5, 5.41) is 0. The van der Waals surface area contributed by atoms with Crippen molar-refractivity contribution in [3.05, 3.63) is 34.4 Å². The van der Waals surface area contributed by atoms with Gasteiger partial charge in [-0.3, -0.25) is 0 Å². The topological polar surface area (TPSA) is 0 Å². The Morgan fingerprint density at radius 2 is 1.33 bits per heavy atom. The summed E-state index contributed by atoms with van der Waals surface area (Å²) >= 11 is 0. The molecule has 0 N–H and O–H groups in total. The van der Waals surface area contributed by atoms with E-state index in [2.05, 4.69) is 54.0 Å². The SMILES string of the molecule is Cc1cc(C)c(C[N+](C)(C)C)c(C)c1.[I-]. The predicted molar refractivity (Wildman–Crippen MR) is 62.4 cm³/mol. The van der Waals surface area contributed by atoms with Crippen LogP contribution in [0.5, 0.6) is 0 Å². The number of benzene rings is 1. The lowest BCUT2D eigenvalue weighted by molar-refractivity contribution is -0.884. The Hall–Kier alpha value is -0.0900. The largest absolute Gasteiger partial charge is 1.00 e. The molecule has 15 heavy (non-hydrogen) atoms. The van der Waals surface area contributed by atoms with Gasteiger partial charge in [0.05, 0.1) is 21.1 Å². The van der Waals surface area contributed by atoms with Crippen LogP contribution in [-0.2, 0) is 6.54 Å². The van der Waals surface area contributed by atoms with Crippen LogP contribution in [0.4, 0.5) is 0 Å². The molecule has 0 saturated carbocycles. The molecule has 0 aliphatic heterocycles. The molecule has 1 aromatic carbocycles. The summed E-state index contributed by atoms with van der Waals surface area (Å²) in [7, 11) is 6.70. The number of aryl methyl sites for hydroxylation is 3. The van der Waals surface area contributed by atoms with Gasteiger partial charge in [-0.25, -0.2) is 0 Å². The maximum atomic E-state index is 2.28.